The molecule has 0 saturated carbocycles. The molecule has 3 nitrogen and oxygen atoms in total. The minimum absolute atomic E-state index is 0.0675. The van der Waals surface area contributed by atoms with Gasteiger partial charge in [0.25, 0.3) is 0 Å². The van der Waals surface area contributed by atoms with Crippen molar-refractivity contribution in [2.45, 2.75) is 25.7 Å². The zero-order chi connectivity index (χ0) is 15.6. The monoisotopic (exact) mass is 305 g/mol. The minimum atomic E-state index is -0.334. The third-order valence-electron chi connectivity index (χ3n) is 3.26. The van der Waals surface area contributed by atoms with Gasteiger partial charge in [0.1, 0.15) is 5.82 Å². The highest BCUT2D eigenvalue weighted by Crippen LogP contribution is 2.24. The van der Waals surface area contributed by atoms with E-state index in [0.29, 0.717) is 27.4 Å². The van der Waals surface area contributed by atoms with E-state index >= 15 is 0 Å². The molecule has 0 saturated heterocycles. The molecule has 1 N–H and O–H groups in total. The molecule has 5 heteroatoms. The molecule has 0 amide bonds. The molecule has 0 aliphatic rings. The Morgan fingerprint density at radius 2 is 1.90 bits per heavy atom. The number of aromatic nitrogens is 1. The number of hydrogen-bond donors (Lipinski definition) is 1. The fourth-order valence-electron chi connectivity index (χ4n) is 2.33. The van der Waals surface area contributed by atoms with Gasteiger partial charge in [-0.25, -0.2) is 4.39 Å². The highest BCUT2D eigenvalue weighted by Gasteiger charge is 2.20. The number of Topliss-reactive ketones (excluding diaryl/α,β-unsaturated/α-hetero) is 2. The molecule has 21 heavy (non-hydrogen) atoms. The van der Waals surface area contributed by atoms with Crippen molar-refractivity contribution in [2.24, 2.45) is 0 Å². The van der Waals surface area contributed by atoms with Gasteiger partial charge in [0.15, 0.2) is 11.6 Å². The number of halogens is 1. The lowest BCUT2D eigenvalue weighted by Crippen LogP contribution is -2.05. The van der Waals surface area contributed by atoms with E-state index < -0.39 is 0 Å². The average molecular weight is 305 g/mol. The summed E-state index contributed by atoms with van der Waals surface area (Å²) in [6, 6.07) is 6.35. The molecule has 1 aromatic carbocycles. The minimum Gasteiger partial charge on any atom is -0.355 e. The molecule has 2 rings (SSSR count). The van der Waals surface area contributed by atoms with E-state index in [0.717, 1.165) is 11.8 Å². The Balaban J connectivity index is 2.17. The number of nitrogens with one attached hydrogen (secondary N) is 1. The van der Waals surface area contributed by atoms with Crippen molar-refractivity contribution >= 4 is 23.3 Å². The summed E-state index contributed by atoms with van der Waals surface area (Å²) in [5.41, 5.74) is 2.36. The molecule has 0 unspecified atom stereocenters. The largest absolute Gasteiger partial charge is 0.355 e. The van der Waals surface area contributed by atoms with E-state index in [4.69, 9.17) is 0 Å². The number of ketones is 2. The van der Waals surface area contributed by atoms with E-state index in [-0.39, 0.29) is 23.1 Å². The molecule has 0 aliphatic carbocycles. The van der Waals surface area contributed by atoms with E-state index in [1.54, 1.807) is 32.0 Å². The van der Waals surface area contributed by atoms with Crippen molar-refractivity contribution in [1.29, 1.82) is 0 Å². The van der Waals surface area contributed by atoms with Crippen LogP contribution >= 0.6 is 11.8 Å². The van der Waals surface area contributed by atoms with Gasteiger partial charge in [0.05, 0.1) is 11.4 Å². The number of hydrogen-bond acceptors (Lipinski definition) is 3. The van der Waals surface area contributed by atoms with Crippen LogP contribution in [0.2, 0.25) is 0 Å². The fraction of sp³-hybridized carbons (Fsp3) is 0.250. The van der Waals surface area contributed by atoms with E-state index in [2.05, 4.69) is 4.98 Å². The number of aryl methyl sites for hydroxylation is 1. The van der Waals surface area contributed by atoms with Crippen molar-refractivity contribution in [3.63, 3.8) is 0 Å². The smallest absolute Gasteiger partial charge is 0.189 e. The third-order valence-corrected chi connectivity index (χ3v) is 4.31. The molecule has 1 heterocycles. The van der Waals surface area contributed by atoms with Gasteiger partial charge in [-0.05, 0) is 38.5 Å². The number of benzene rings is 1. The Bertz CT molecular complexity index is 706. The normalized spacial score (nSPS) is 10.7. The number of H-pyrrole nitrogens is 1. The third kappa shape index (κ3) is 3.24. The molecule has 0 bridgehead atoms. The summed E-state index contributed by atoms with van der Waals surface area (Å²) in [6.45, 7) is 5.00. The van der Waals surface area contributed by atoms with Crippen LogP contribution < -0.4 is 0 Å². The zero-order valence-electron chi connectivity index (χ0n) is 12.1. The first-order chi connectivity index (χ1) is 9.91. The van der Waals surface area contributed by atoms with E-state index in [1.165, 1.54) is 13.0 Å². The number of carbonyl (C=O) groups is 2. The maximum Gasteiger partial charge on any atom is 0.189 e. The van der Waals surface area contributed by atoms with Crippen molar-refractivity contribution < 1.29 is 14.0 Å². The van der Waals surface area contributed by atoms with Crippen LogP contribution in [0.25, 0.3) is 0 Å². The van der Waals surface area contributed by atoms with Crippen LogP contribution in [0.1, 0.15) is 39.0 Å². The van der Waals surface area contributed by atoms with Crippen molar-refractivity contribution in [2.75, 3.05) is 5.75 Å². The molecule has 0 fully saturated rings. The summed E-state index contributed by atoms with van der Waals surface area (Å²) in [7, 11) is 0. The first-order valence-electron chi connectivity index (χ1n) is 6.52. The van der Waals surface area contributed by atoms with Crippen LogP contribution in [-0.4, -0.2) is 22.3 Å². The lowest BCUT2D eigenvalue weighted by atomic mass is 10.1. The van der Waals surface area contributed by atoms with Gasteiger partial charge in [-0.1, -0.05) is 12.1 Å². The van der Waals surface area contributed by atoms with Gasteiger partial charge < -0.3 is 4.98 Å². The summed E-state index contributed by atoms with van der Waals surface area (Å²) in [5, 5.41) is 0. The summed E-state index contributed by atoms with van der Waals surface area (Å²) in [4.78, 5) is 27.2. The Morgan fingerprint density at radius 1 is 1.24 bits per heavy atom. The Hall–Kier alpha value is -1.88. The van der Waals surface area contributed by atoms with Crippen molar-refractivity contribution in [1.82, 2.24) is 4.98 Å². The lowest BCUT2D eigenvalue weighted by Gasteiger charge is -2.03. The van der Waals surface area contributed by atoms with Gasteiger partial charge in [0, 0.05) is 16.2 Å². The number of aromatic amines is 1. The van der Waals surface area contributed by atoms with Gasteiger partial charge in [-0.15, -0.1) is 11.8 Å². The second-order valence-electron chi connectivity index (χ2n) is 4.82. The second kappa shape index (κ2) is 6.26. The SMILES string of the molecule is CC(=O)c1c(C)[nH]c(C(=O)CSc2ccccc2F)c1C. The maximum atomic E-state index is 13.5. The topological polar surface area (TPSA) is 49.9 Å². The summed E-state index contributed by atoms with van der Waals surface area (Å²) in [6.07, 6.45) is 0. The molecule has 0 aliphatic heterocycles. The van der Waals surface area contributed by atoms with Gasteiger partial charge in [-0.2, -0.15) is 0 Å². The highest BCUT2D eigenvalue weighted by molar-refractivity contribution is 8.00. The molecule has 110 valence electrons. The Morgan fingerprint density at radius 3 is 2.48 bits per heavy atom. The first-order valence-corrected chi connectivity index (χ1v) is 7.51. The molecule has 0 atom stereocenters. The van der Waals surface area contributed by atoms with Gasteiger partial charge in [0.2, 0.25) is 0 Å². The van der Waals surface area contributed by atoms with Crippen LogP contribution in [0.5, 0.6) is 0 Å². The summed E-state index contributed by atoms with van der Waals surface area (Å²) in [5.74, 6) is -0.420. The molecule has 1 aromatic heterocycles. The molecular weight excluding hydrogens is 289 g/mol. The van der Waals surface area contributed by atoms with Crippen LogP contribution in [0.3, 0.4) is 0 Å². The first kappa shape index (κ1) is 15.5. The highest BCUT2D eigenvalue weighted by atomic mass is 32.2. The number of carbonyl (C=O) groups excluding carboxylic acids is 2. The quantitative estimate of drug-likeness (QED) is 0.672. The Labute approximate surface area is 126 Å². The summed E-state index contributed by atoms with van der Waals surface area (Å²) >= 11 is 1.15. The Kier molecular flexibility index (Phi) is 4.63. The van der Waals surface area contributed by atoms with Gasteiger partial charge in [-0.3, -0.25) is 9.59 Å². The second-order valence-corrected chi connectivity index (χ2v) is 5.84. The van der Waals surface area contributed by atoms with Crippen molar-refractivity contribution in [3.05, 3.63) is 52.6 Å². The van der Waals surface area contributed by atoms with Crippen LogP contribution in [0, 0.1) is 19.7 Å². The standard InChI is InChI=1S/C16H16FNO2S/c1-9-15(11(3)19)10(2)18-16(9)13(20)8-21-14-7-5-4-6-12(14)17/h4-7,18H,8H2,1-3H3. The van der Waals surface area contributed by atoms with E-state index in [1.807, 2.05) is 0 Å². The molecular formula is C16H16FNO2S. The zero-order valence-corrected chi connectivity index (χ0v) is 12.9. The van der Waals surface area contributed by atoms with Crippen molar-refractivity contribution in [3.8, 4) is 0 Å². The maximum absolute atomic E-state index is 13.5. The number of thioether (sulfide) groups is 1. The fourth-order valence-corrected chi connectivity index (χ4v) is 3.15. The predicted molar refractivity (Wildman–Crippen MR) is 81.7 cm³/mol. The molecule has 0 spiro atoms. The number of rotatable bonds is 5. The predicted octanol–water partition coefficient (Wildman–Crippen LogP) is 3.95. The lowest BCUT2D eigenvalue weighted by molar-refractivity contribution is 0.101. The average Bonchev–Trinajstić information content (AvgIpc) is 2.73. The van der Waals surface area contributed by atoms with Crippen LogP contribution in [0.15, 0.2) is 29.2 Å². The van der Waals surface area contributed by atoms with Gasteiger partial charge >= 0.3 is 0 Å². The molecule has 0 radical (unpaired) electrons. The van der Waals surface area contributed by atoms with Crippen LogP contribution in [-0.2, 0) is 0 Å². The summed E-state index contributed by atoms with van der Waals surface area (Å²) < 4.78 is 13.5. The van der Waals surface area contributed by atoms with Crippen LogP contribution in [0.4, 0.5) is 4.39 Å². The van der Waals surface area contributed by atoms with E-state index in [9.17, 15) is 14.0 Å². The molecule has 2 aromatic rings.